The Morgan fingerprint density at radius 3 is 2.52 bits per heavy atom. The second kappa shape index (κ2) is 8.61. The summed E-state index contributed by atoms with van der Waals surface area (Å²) in [4.78, 5) is 29.4. The van der Waals surface area contributed by atoms with Crippen LogP contribution < -0.4 is 10.5 Å². The molecule has 0 aliphatic carbocycles. The number of nitrogens with one attached hydrogen (secondary N) is 1. The van der Waals surface area contributed by atoms with Crippen molar-refractivity contribution in [2.75, 3.05) is 4.90 Å². The van der Waals surface area contributed by atoms with E-state index in [1.165, 1.54) is 0 Å². The Labute approximate surface area is 169 Å². The molecule has 3 rings (SSSR count). The number of amides is 1. The summed E-state index contributed by atoms with van der Waals surface area (Å²) in [6.07, 6.45) is 2.26. The van der Waals surface area contributed by atoms with Crippen molar-refractivity contribution in [3.8, 4) is 6.07 Å². The number of nitriles is 1. The lowest BCUT2D eigenvalue weighted by atomic mass is 9.98. The molecule has 0 saturated heterocycles. The first-order valence-electron chi connectivity index (χ1n) is 9.42. The van der Waals surface area contributed by atoms with Gasteiger partial charge in [0.2, 0.25) is 5.91 Å². The Morgan fingerprint density at radius 2 is 1.90 bits per heavy atom. The first-order chi connectivity index (χ1) is 13.9. The smallest absolute Gasteiger partial charge is 0.266 e. The molecule has 0 saturated carbocycles. The zero-order valence-electron chi connectivity index (χ0n) is 16.8. The number of carbonyl (C=O) groups is 1. The van der Waals surface area contributed by atoms with Crippen molar-refractivity contribution in [2.45, 2.75) is 40.2 Å². The number of rotatable bonds is 6. The number of pyridine rings is 1. The number of hydrogen-bond acceptors (Lipinski definition) is 4. The number of H-pyrrole nitrogens is 1. The number of aromatic amines is 1. The van der Waals surface area contributed by atoms with Crippen molar-refractivity contribution < 1.29 is 9.21 Å². The van der Waals surface area contributed by atoms with Crippen LogP contribution in [0.25, 0.3) is 0 Å². The maximum Gasteiger partial charge on any atom is 0.266 e. The van der Waals surface area contributed by atoms with Crippen LogP contribution in [0, 0.1) is 32.1 Å². The lowest BCUT2D eigenvalue weighted by Gasteiger charge is -2.22. The standard InChI is InChI=1S/C23H23N3O3/c1-15-6-8-18(9-7-15)26(14-19-5-4-12-29-19)22(27)11-10-20-16(2)21(13-24)23(28)25-17(20)3/h4-9,12H,10-11,14H2,1-3H3,(H,25,28). The average Bonchev–Trinajstić information content (AvgIpc) is 3.20. The van der Waals surface area contributed by atoms with E-state index in [1.54, 1.807) is 31.1 Å². The van der Waals surface area contributed by atoms with E-state index in [4.69, 9.17) is 4.42 Å². The molecule has 6 nitrogen and oxygen atoms in total. The van der Waals surface area contributed by atoms with Gasteiger partial charge in [-0.25, -0.2) is 0 Å². The summed E-state index contributed by atoms with van der Waals surface area (Å²) in [5.41, 5.74) is 3.77. The van der Waals surface area contributed by atoms with Crippen molar-refractivity contribution >= 4 is 11.6 Å². The van der Waals surface area contributed by atoms with E-state index in [1.807, 2.05) is 43.3 Å². The monoisotopic (exact) mass is 389 g/mol. The van der Waals surface area contributed by atoms with Gasteiger partial charge >= 0.3 is 0 Å². The molecule has 1 amide bonds. The van der Waals surface area contributed by atoms with Crippen LogP contribution in [0.5, 0.6) is 0 Å². The van der Waals surface area contributed by atoms with Crippen molar-refractivity contribution in [3.05, 3.63) is 86.7 Å². The maximum absolute atomic E-state index is 13.1. The molecule has 0 aliphatic rings. The second-order valence-corrected chi connectivity index (χ2v) is 7.06. The number of aromatic nitrogens is 1. The third-order valence-corrected chi connectivity index (χ3v) is 5.05. The van der Waals surface area contributed by atoms with Gasteiger partial charge in [-0.2, -0.15) is 5.26 Å². The topological polar surface area (TPSA) is 90.1 Å². The van der Waals surface area contributed by atoms with Gasteiger partial charge in [-0.3, -0.25) is 9.59 Å². The van der Waals surface area contributed by atoms with Crippen LogP contribution >= 0.6 is 0 Å². The average molecular weight is 389 g/mol. The minimum Gasteiger partial charge on any atom is -0.467 e. The van der Waals surface area contributed by atoms with Crippen molar-refractivity contribution in [1.82, 2.24) is 4.98 Å². The summed E-state index contributed by atoms with van der Waals surface area (Å²) in [5.74, 6) is 0.635. The highest BCUT2D eigenvalue weighted by molar-refractivity contribution is 5.93. The predicted octanol–water partition coefficient (Wildman–Crippen LogP) is 3.93. The first kappa shape index (κ1) is 20.2. The second-order valence-electron chi connectivity index (χ2n) is 7.06. The van der Waals surface area contributed by atoms with E-state index in [0.717, 1.165) is 16.8 Å². The van der Waals surface area contributed by atoms with Crippen molar-refractivity contribution in [2.24, 2.45) is 0 Å². The zero-order valence-corrected chi connectivity index (χ0v) is 16.8. The minimum atomic E-state index is -0.392. The number of anilines is 1. The first-order valence-corrected chi connectivity index (χ1v) is 9.42. The lowest BCUT2D eigenvalue weighted by Crippen LogP contribution is -2.30. The minimum absolute atomic E-state index is 0.0613. The molecule has 0 aliphatic heterocycles. The third-order valence-electron chi connectivity index (χ3n) is 5.05. The largest absolute Gasteiger partial charge is 0.467 e. The molecule has 2 heterocycles. The molecule has 0 bridgehead atoms. The Kier molecular flexibility index (Phi) is 5.99. The van der Waals surface area contributed by atoms with Crippen LogP contribution in [0.1, 0.15) is 40.1 Å². The summed E-state index contributed by atoms with van der Waals surface area (Å²) < 4.78 is 5.43. The Morgan fingerprint density at radius 1 is 1.17 bits per heavy atom. The fourth-order valence-electron chi connectivity index (χ4n) is 3.39. The Hall–Kier alpha value is -3.59. The van der Waals surface area contributed by atoms with Crippen molar-refractivity contribution in [1.29, 1.82) is 5.26 Å². The van der Waals surface area contributed by atoms with Crippen LogP contribution in [0.15, 0.2) is 51.9 Å². The molecule has 29 heavy (non-hydrogen) atoms. The van der Waals surface area contributed by atoms with Crippen LogP contribution in [-0.4, -0.2) is 10.9 Å². The Balaban J connectivity index is 1.85. The Bertz CT molecular complexity index is 1100. The molecule has 6 heteroatoms. The number of benzene rings is 1. The molecule has 148 valence electrons. The molecular weight excluding hydrogens is 366 g/mol. The van der Waals surface area contributed by atoms with Gasteiger partial charge in [0.15, 0.2) is 0 Å². The lowest BCUT2D eigenvalue weighted by molar-refractivity contribution is -0.118. The number of aryl methyl sites for hydroxylation is 2. The van der Waals surface area contributed by atoms with Gasteiger partial charge in [0.25, 0.3) is 5.56 Å². The van der Waals surface area contributed by atoms with E-state index in [9.17, 15) is 14.9 Å². The van der Waals surface area contributed by atoms with Crippen LogP contribution in [0.2, 0.25) is 0 Å². The number of nitrogens with zero attached hydrogens (tertiary/aromatic N) is 2. The highest BCUT2D eigenvalue weighted by Crippen LogP contribution is 2.21. The third kappa shape index (κ3) is 4.46. The van der Waals surface area contributed by atoms with E-state index in [0.29, 0.717) is 30.0 Å². The number of hydrogen-bond donors (Lipinski definition) is 1. The van der Waals surface area contributed by atoms with Crippen molar-refractivity contribution in [3.63, 3.8) is 0 Å². The molecule has 0 unspecified atom stereocenters. The molecule has 0 atom stereocenters. The van der Waals surface area contributed by atoms with Gasteiger partial charge in [-0.1, -0.05) is 17.7 Å². The fourth-order valence-corrected chi connectivity index (χ4v) is 3.39. The van der Waals surface area contributed by atoms with Crippen LogP contribution in [0.3, 0.4) is 0 Å². The van der Waals surface area contributed by atoms with Gasteiger partial charge < -0.3 is 14.3 Å². The number of carbonyl (C=O) groups excluding carboxylic acids is 1. The highest BCUT2D eigenvalue weighted by Gasteiger charge is 2.19. The van der Waals surface area contributed by atoms with Crippen LogP contribution in [0.4, 0.5) is 5.69 Å². The molecular formula is C23H23N3O3. The van der Waals surface area contributed by atoms with E-state index in [2.05, 4.69) is 4.98 Å². The van der Waals surface area contributed by atoms with E-state index in [-0.39, 0.29) is 17.9 Å². The molecule has 3 aromatic rings. The summed E-state index contributed by atoms with van der Waals surface area (Å²) in [7, 11) is 0. The molecule has 0 spiro atoms. The van der Waals surface area contributed by atoms with Gasteiger partial charge in [-0.15, -0.1) is 0 Å². The van der Waals surface area contributed by atoms with Gasteiger partial charge in [0, 0.05) is 17.8 Å². The zero-order chi connectivity index (χ0) is 21.0. The van der Waals surface area contributed by atoms with Gasteiger partial charge in [0.05, 0.1) is 12.8 Å². The van der Waals surface area contributed by atoms with E-state index >= 15 is 0 Å². The normalized spacial score (nSPS) is 10.6. The quantitative estimate of drug-likeness (QED) is 0.692. The van der Waals surface area contributed by atoms with Gasteiger partial charge in [-0.05, 0) is 62.6 Å². The summed E-state index contributed by atoms with van der Waals surface area (Å²) in [5, 5.41) is 9.24. The highest BCUT2D eigenvalue weighted by atomic mass is 16.3. The van der Waals surface area contributed by atoms with Gasteiger partial charge in [0.1, 0.15) is 17.4 Å². The number of furan rings is 1. The molecule has 1 aromatic carbocycles. The predicted molar refractivity (Wildman–Crippen MR) is 111 cm³/mol. The maximum atomic E-state index is 13.1. The summed E-state index contributed by atoms with van der Waals surface area (Å²) >= 11 is 0. The van der Waals surface area contributed by atoms with E-state index < -0.39 is 5.56 Å². The molecule has 2 aromatic heterocycles. The SMILES string of the molecule is Cc1ccc(N(Cc2ccco2)C(=O)CCc2c(C)[nH]c(=O)c(C#N)c2C)cc1. The molecule has 0 fully saturated rings. The summed E-state index contributed by atoms with van der Waals surface area (Å²) in [6.45, 7) is 5.87. The summed E-state index contributed by atoms with van der Waals surface area (Å²) in [6, 6.07) is 13.3. The molecule has 0 radical (unpaired) electrons. The molecule has 1 N–H and O–H groups in total. The van der Waals surface area contributed by atoms with Crippen LogP contribution in [-0.2, 0) is 17.8 Å². The fraction of sp³-hybridized carbons (Fsp3) is 0.261.